The molecule has 2 heterocycles. The molecule has 86 valence electrons. The minimum Gasteiger partial charge on any atom is -0.368 e. The average molecular weight is 221 g/mol. The van der Waals surface area contributed by atoms with Crippen LogP contribution in [0.4, 0.5) is 5.82 Å². The number of anilines is 1. The van der Waals surface area contributed by atoms with Crippen LogP contribution in [0, 0.1) is 5.92 Å². The molecule has 0 spiro atoms. The first-order valence-electron chi connectivity index (χ1n) is 5.34. The summed E-state index contributed by atoms with van der Waals surface area (Å²) in [5.41, 5.74) is 5.26. The maximum Gasteiger partial charge on any atom is 0.269 e. The number of nitrogens with zero attached hydrogens (tertiary/aromatic N) is 2. The van der Waals surface area contributed by atoms with Crippen LogP contribution in [-0.2, 0) is 0 Å². The molecule has 4 N–H and O–H groups in total. The Morgan fingerprint density at radius 3 is 3.00 bits per heavy atom. The van der Waals surface area contributed by atoms with Gasteiger partial charge in [0, 0.05) is 6.54 Å². The van der Waals surface area contributed by atoms with Crippen LogP contribution in [0.3, 0.4) is 0 Å². The van der Waals surface area contributed by atoms with E-state index in [0.717, 1.165) is 19.6 Å². The molecular formula is C10H15N5O. The first kappa shape index (κ1) is 10.8. The van der Waals surface area contributed by atoms with Crippen molar-refractivity contribution in [2.75, 3.05) is 25.0 Å². The van der Waals surface area contributed by atoms with Crippen molar-refractivity contribution in [3.8, 4) is 0 Å². The van der Waals surface area contributed by atoms with Gasteiger partial charge in [-0.15, -0.1) is 10.2 Å². The Morgan fingerprint density at radius 2 is 2.44 bits per heavy atom. The van der Waals surface area contributed by atoms with E-state index in [2.05, 4.69) is 20.8 Å². The summed E-state index contributed by atoms with van der Waals surface area (Å²) in [5.74, 6) is 0.758. The predicted molar refractivity (Wildman–Crippen MR) is 60.0 cm³/mol. The highest BCUT2D eigenvalue weighted by atomic mass is 16.1. The average Bonchev–Trinajstić information content (AvgIpc) is 2.80. The SMILES string of the molecule is NC(=O)c1ccc(NCC2CCNC2)nn1. The monoisotopic (exact) mass is 221 g/mol. The van der Waals surface area contributed by atoms with Crippen LogP contribution in [0.1, 0.15) is 16.9 Å². The number of carbonyl (C=O) groups excluding carboxylic acids is 1. The number of primary amides is 1. The number of hydrogen-bond acceptors (Lipinski definition) is 5. The van der Waals surface area contributed by atoms with Crippen molar-refractivity contribution < 1.29 is 4.79 Å². The molecule has 1 unspecified atom stereocenters. The van der Waals surface area contributed by atoms with Gasteiger partial charge in [0.15, 0.2) is 5.69 Å². The van der Waals surface area contributed by atoms with Gasteiger partial charge in [0.2, 0.25) is 0 Å². The zero-order valence-electron chi connectivity index (χ0n) is 8.94. The van der Waals surface area contributed by atoms with Gasteiger partial charge in [-0.05, 0) is 37.6 Å². The molecule has 0 saturated carbocycles. The maximum absolute atomic E-state index is 10.8. The molecule has 2 rings (SSSR count). The molecular weight excluding hydrogens is 206 g/mol. The van der Waals surface area contributed by atoms with E-state index in [1.807, 2.05) is 0 Å². The van der Waals surface area contributed by atoms with E-state index in [-0.39, 0.29) is 5.69 Å². The fourth-order valence-corrected chi connectivity index (χ4v) is 1.70. The summed E-state index contributed by atoms with van der Waals surface area (Å²) in [7, 11) is 0. The van der Waals surface area contributed by atoms with Gasteiger partial charge in [0.25, 0.3) is 5.91 Å². The highest BCUT2D eigenvalue weighted by Gasteiger charge is 2.14. The fourth-order valence-electron chi connectivity index (χ4n) is 1.70. The van der Waals surface area contributed by atoms with Crippen molar-refractivity contribution in [1.82, 2.24) is 15.5 Å². The third-order valence-corrected chi connectivity index (χ3v) is 2.65. The van der Waals surface area contributed by atoms with Crippen LogP contribution in [0.5, 0.6) is 0 Å². The zero-order valence-corrected chi connectivity index (χ0v) is 8.94. The molecule has 6 nitrogen and oxygen atoms in total. The number of hydrogen-bond donors (Lipinski definition) is 3. The van der Waals surface area contributed by atoms with Crippen LogP contribution in [0.2, 0.25) is 0 Å². The van der Waals surface area contributed by atoms with E-state index in [1.54, 1.807) is 12.1 Å². The summed E-state index contributed by atoms with van der Waals surface area (Å²) in [6, 6.07) is 3.29. The zero-order chi connectivity index (χ0) is 11.4. The van der Waals surface area contributed by atoms with Crippen molar-refractivity contribution in [2.45, 2.75) is 6.42 Å². The smallest absolute Gasteiger partial charge is 0.269 e. The predicted octanol–water partition coefficient (Wildman–Crippen LogP) is -0.403. The highest BCUT2D eigenvalue weighted by Crippen LogP contribution is 2.09. The summed E-state index contributed by atoms with van der Waals surface area (Å²) >= 11 is 0. The van der Waals surface area contributed by atoms with Crippen molar-refractivity contribution in [2.24, 2.45) is 11.7 Å². The lowest BCUT2D eigenvalue weighted by Gasteiger charge is -2.09. The Kier molecular flexibility index (Phi) is 3.31. The number of aromatic nitrogens is 2. The van der Waals surface area contributed by atoms with Gasteiger partial charge in [-0.2, -0.15) is 0 Å². The lowest BCUT2D eigenvalue weighted by Crippen LogP contribution is -2.18. The number of nitrogens with two attached hydrogens (primary N) is 1. The molecule has 1 aromatic heterocycles. The summed E-state index contributed by atoms with van der Waals surface area (Å²) in [6.07, 6.45) is 1.18. The Morgan fingerprint density at radius 1 is 1.56 bits per heavy atom. The summed E-state index contributed by atoms with van der Waals surface area (Å²) in [5, 5.41) is 14.1. The van der Waals surface area contributed by atoms with E-state index in [9.17, 15) is 4.79 Å². The van der Waals surface area contributed by atoms with Crippen LogP contribution in [0.25, 0.3) is 0 Å². The van der Waals surface area contributed by atoms with Crippen molar-refractivity contribution in [3.63, 3.8) is 0 Å². The van der Waals surface area contributed by atoms with Crippen molar-refractivity contribution >= 4 is 11.7 Å². The third-order valence-electron chi connectivity index (χ3n) is 2.65. The van der Waals surface area contributed by atoms with Gasteiger partial charge >= 0.3 is 0 Å². The largest absolute Gasteiger partial charge is 0.368 e. The molecule has 16 heavy (non-hydrogen) atoms. The molecule has 1 aromatic rings. The second-order valence-corrected chi connectivity index (χ2v) is 3.91. The van der Waals surface area contributed by atoms with Gasteiger partial charge in [-0.25, -0.2) is 0 Å². The number of nitrogens with one attached hydrogen (secondary N) is 2. The minimum atomic E-state index is -0.556. The van der Waals surface area contributed by atoms with E-state index < -0.39 is 5.91 Å². The number of rotatable bonds is 4. The van der Waals surface area contributed by atoms with E-state index in [1.165, 1.54) is 6.42 Å². The first-order valence-corrected chi connectivity index (χ1v) is 5.34. The lowest BCUT2D eigenvalue weighted by molar-refractivity contribution is 0.0994. The Balaban J connectivity index is 1.87. The normalized spacial score (nSPS) is 19.6. The van der Waals surface area contributed by atoms with Crippen molar-refractivity contribution in [1.29, 1.82) is 0 Å². The molecule has 6 heteroatoms. The number of amides is 1. The lowest BCUT2D eigenvalue weighted by atomic mass is 10.1. The molecule has 1 aliphatic heterocycles. The van der Waals surface area contributed by atoms with Gasteiger partial charge in [0.05, 0.1) is 0 Å². The molecule has 1 fully saturated rings. The van der Waals surface area contributed by atoms with Gasteiger partial charge in [-0.3, -0.25) is 4.79 Å². The summed E-state index contributed by atoms with van der Waals surface area (Å²) in [6.45, 7) is 3.00. The standard InChI is InChI=1S/C10H15N5O/c11-10(16)8-1-2-9(15-14-8)13-6-7-3-4-12-5-7/h1-2,7,12H,3-6H2,(H2,11,16)(H,13,15). The Hall–Kier alpha value is -1.69. The minimum absolute atomic E-state index is 0.188. The molecule has 0 radical (unpaired) electrons. The Labute approximate surface area is 93.6 Å². The summed E-state index contributed by atoms with van der Waals surface area (Å²) < 4.78 is 0. The first-order chi connectivity index (χ1) is 7.75. The van der Waals surface area contributed by atoms with Crippen LogP contribution < -0.4 is 16.4 Å². The quantitative estimate of drug-likeness (QED) is 0.643. The number of carbonyl (C=O) groups is 1. The third kappa shape index (κ3) is 2.66. The van der Waals surface area contributed by atoms with Crippen LogP contribution in [-0.4, -0.2) is 35.7 Å². The van der Waals surface area contributed by atoms with E-state index in [0.29, 0.717) is 11.7 Å². The van der Waals surface area contributed by atoms with Gasteiger partial charge in [0.1, 0.15) is 5.82 Å². The molecule has 1 saturated heterocycles. The summed E-state index contributed by atoms with van der Waals surface area (Å²) in [4.78, 5) is 10.8. The second-order valence-electron chi connectivity index (χ2n) is 3.91. The molecule has 1 amide bonds. The van der Waals surface area contributed by atoms with Gasteiger partial charge in [-0.1, -0.05) is 0 Å². The van der Waals surface area contributed by atoms with Crippen LogP contribution >= 0.6 is 0 Å². The van der Waals surface area contributed by atoms with E-state index in [4.69, 9.17) is 5.73 Å². The highest BCUT2D eigenvalue weighted by molar-refractivity contribution is 5.90. The molecule has 1 aliphatic rings. The molecule has 0 aliphatic carbocycles. The van der Waals surface area contributed by atoms with E-state index >= 15 is 0 Å². The topological polar surface area (TPSA) is 92.9 Å². The molecule has 1 atom stereocenters. The molecule has 0 aromatic carbocycles. The van der Waals surface area contributed by atoms with Crippen molar-refractivity contribution in [3.05, 3.63) is 17.8 Å². The van der Waals surface area contributed by atoms with Gasteiger partial charge < -0.3 is 16.4 Å². The Bertz CT molecular complexity index is 358. The maximum atomic E-state index is 10.8. The second kappa shape index (κ2) is 4.89. The van der Waals surface area contributed by atoms with Crippen LogP contribution in [0.15, 0.2) is 12.1 Å². The molecule has 0 bridgehead atoms. The fraction of sp³-hybridized carbons (Fsp3) is 0.500.